The zero-order valence-electron chi connectivity index (χ0n) is 13.4. The number of nitrogens with one attached hydrogen (secondary N) is 1. The number of carbonyl (C=O) groups excluding carboxylic acids is 1. The highest BCUT2D eigenvalue weighted by Gasteiger charge is 2.29. The molecule has 0 spiro atoms. The smallest absolute Gasteiger partial charge is 0.312 e. The molecule has 0 saturated heterocycles. The normalized spacial score (nSPS) is 15.1. The van der Waals surface area contributed by atoms with Crippen LogP contribution in [0.5, 0.6) is 11.5 Å². The van der Waals surface area contributed by atoms with Crippen LogP contribution in [0.1, 0.15) is 17.4 Å². The van der Waals surface area contributed by atoms with Gasteiger partial charge in [0.25, 0.3) is 0 Å². The minimum absolute atomic E-state index is 0.221. The molecule has 0 fully saturated rings. The molecular weight excluding hydrogens is 359 g/mol. The Morgan fingerprint density at radius 1 is 1.35 bits per heavy atom. The van der Waals surface area contributed by atoms with E-state index in [9.17, 15) is 9.18 Å². The molecule has 1 aliphatic heterocycles. The van der Waals surface area contributed by atoms with E-state index in [4.69, 9.17) is 22.1 Å². The zero-order chi connectivity index (χ0) is 18.3. The van der Waals surface area contributed by atoms with Gasteiger partial charge in [-0.3, -0.25) is 4.57 Å². The number of ether oxygens (including phenoxy) is 1. The maximum absolute atomic E-state index is 13.5. The number of primary amides is 1. The molecule has 3 N–H and O–H groups in total. The number of carbonyl (C=O) groups is 1. The van der Waals surface area contributed by atoms with Gasteiger partial charge in [-0.2, -0.15) is 0 Å². The summed E-state index contributed by atoms with van der Waals surface area (Å²) >= 11 is 6.12. The summed E-state index contributed by atoms with van der Waals surface area (Å²) in [5, 5.41) is 3.00. The summed E-state index contributed by atoms with van der Waals surface area (Å²) in [5.74, 6) is 0.923. The van der Waals surface area contributed by atoms with E-state index in [1.165, 1.54) is 18.2 Å². The predicted molar refractivity (Wildman–Crippen MR) is 94.2 cm³/mol. The van der Waals surface area contributed by atoms with Crippen LogP contribution in [0.3, 0.4) is 0 Å². The Balaban J connectivity index is 1.78. The molecule has 1 aliphatic rings. The second kappa shape index (κ2) is 6.34. The van der Waals surface area contributed by atoms with Gasteiger partial charge in [0.15, 0.2) is 5.75 Å². The van der Waals surface area contributed by atoms with Gasteiger partial charge < -0.3 is 15.8 Å². The van der Waals surface area contributed by atoms with Gasteiger partial charge in [-0.1, -0.05) is 23.7 Å². The first kappa shape index (κ1) is 16.4. The van der Waals surface area contributed by atoms with Crippen molar-refractivity contribution in [1.29, 1.82) is 0 Å². The van der Waals surface area contributed by atoms with E-state index in [2.05, 4.69) is 10.3 Å². The fraction of sp³-hybridized carbons (Fsp3) is 0.111. The summed E-state index contributed by atoms with van der Waals surface area (Å²) < 4.78 is 21.3. The summed E-state index contributed by atoms with van der Waals surface area (Å²) in [5.41, 5.74) is 6.97. The highest BCUT2D eigenvalue weighted by molar-refractivity contribution is 6.32. The average Bonchev–Trinajstić information content (AvgIpc) is 3.08. The maximum Gasteiger partial charge on any atom is 0.312 e. The number of rotatable bonds is 3. The van der Waals surface area contributed by atoms with Gasteiger partial charge in [-0.15, -0.1) is 0 Å². The SMILES string of the molecule is NC(=O)NC1Cc2cccc(Oc3cc(F)ccc3Cl)c2-n2ccnc21. The van der Waals surface area contributed by atoms with Gasteiger partial charge >= 0.3 is 6.03 Å². The van der Waals surface area contributed by atoms with Crippen LogP contribution in [0, 0.1) is 5.82 Å². The first-order valence-electron chi connectivity index (χ1n) is 7.87. The molecule has 2 heterocycles. The highest BCUT2D eigenvalue weighted by Crippen LogP contribution is 2.39. The number of benzene rings is 2. The van der Waals surface area contributed by atoms with E-state index in [1.807, 2.05) is 16.7 Å². The van der Waals surface area contributed by atoms with Gasteiger partial charge in [0.1, 0.15) is 17.4 Å². The van der Waals surface area contributed by atoms with Crippen molar-refractivity contribution in [2.24, 2.45) is 5.73 Å². The molecule has 8 heteroatoms. The zero-order valence-corrected chi connectivity index (χ0v) is 14.2. The number of amides is 2. The van der Waals surface area contributed by atoms with Crippen LogP contribution < -0.4 is 15.8 Å². The summed E-state index contributed by atoms with van der Waals surface area (Å²) in [4.78, 5) is 15.6. The van der Waals surface area contributed by atoms with Crippen molar-refractivity contribution < 1.29 is 13.9 Å². The van der Waals surface area contributed by atoms with E-state index in [-0.39, 0.29) is 11.8 Å². The Morgan fingerprint density at radius 2 is 2.19 bits per heavy atom. The highest BCUT2D eigenvalue weighted by atomic mass is 35.5. The molecule has 1 aromatic heterocycles. The van der Waals surface area contributed by atoms with Crippen LogP contribution in [0.25, 0.3) is 5.69 Å². The third-order valence-electron chi connectivity index (χ3n) is 4.16. The molecule has 6 nitrogen and oxygen atoms in total. The van der Waals surface area contributed by atoms with Gasteiger partial charge in [0.2, 0.25) is 0 Å². The van der Waals surface area contributed by atoms with E-state index in [1.54, 1.807) is 18.5 Å². The van der Waals surface area contributed by atoms with E-state index in [0.717, 1.165) is 11.3 Å². The summed E-state index contributed by atoms with van der Waals surface area (Å²) in [6, 6.07) is 8.50. The Morgan fingerprint density at radius 3 is 3.00 bits per heavy atom. The van der Waals surface area contributed by atoms with Gasteiger partial charge in [0.05, 0.1) is 16.8 Å². The number of imidazole rings is 1. The molecule has 1 unspecified atom stereocenters. The molecule has 0 bridgehead atoms. The minimum Gasteiger partial charge on any atom is -0.453 e. The van der Waals surface area contributed by atoms with Crippen LogP contribution >= 0.6 is 11.6 Å². The van der Waals surface area contributed by atoms with E-state index in [0.29, 0.717) is 23.0 Å². The quantitative estimate of drug-likeness (QED) is 0.735. The van der Waals surface area contributed by atoms with Crippen molar-refractivity contribution in [2.75, 3.05) is 0 Å². The Labute approximate surface area is 153 Å². The van der Waals surface area contributed by atoms with Gasteiger partial charge in [0, 0.05) is 24.9 Å². The number of nitrogens with two attached hydrogens (primary N) is 1. The number of nitrogens with zero attached hydrogens (tertiary/aromatic N) is 2. The summed E-state index contributed by atoms with van der Waals surface area (Å²) in [7, 11) is 0. The van der Waals surface area contributed by atoms with Crippen molar-refractivity contribution in [2.45, 2.75) is 12.5 Å². The van der Waals surface area contributed by atoms with Gasteiger partial charge in [-0.05, 0) is 23.8 Å². The van der Waals surface area contributed by atoms with Crippen molar-refractivity contribution in [1.82, 2.24) is 14.9 Å². The molecular formula is C18H14ClFN4O2. The second-order valence-corrected chi connectivity index (χ2v) is 6.27. The molecule has 26 heavy (non-hydrogen) atoms. The summed E-state index contributed by atoms with van der Waals surface area (Å²) in [6.45, 7) is 0. The second-order valence-electron chi connectivity index (χ2n) is 5.86. The summed E-state index contributed by atoms with van der Waals surface area (Å²) in [6.07, 6.45) is 3.90. The Bertz CT molecular complexity index is 1000. The minimum atomic E-state index is -0.619. The van der Waals surface area contributed by atoms with Crippen LogP contribution in [-0.2, 0) is 6.42 Å². The van der Waals surface area contributed by atoms with Crippen molar-refractivity contribution in [3.05, 3.63) is 71.0 Å². The topological polar surface area (TPSA) is 82.2 Å². The molecule has 2 aromatic carbocycles. The number of para-hydroxylation sites is 1. The predicted octanol–water partition coefficient (Wildman–Crippen LogP) is 3.72. The lowest BCUT2D eigenvalue weighted by Crippen LogP contribution is -2.37. The Kier molecular flexibility index (Phi) is 4.00. The fourth-order valence-corrected chi connectivity index (χ4v) is 3.28. The largest absolute Gasteiger partial charge is 0.453 e. The fourth-order valence-electron chi connectivity index (χ4n) is 3.12. The van der Waals surface area contributed by atoms with Crippen LogP contribution in [0.15, 0.2) is 48.8 Å². The lowest BCUT2D eigenvalue weighted by atomic mass is 9.98. The first-order chi connectivity index (χ1) is 12.5. The monoisotopic (exact) mass is 372 g/mol. The van der Waals surface area contributed by atoms with E-state index >= 15 is 0 Å². The molecule has 0 aliphatic carbocycles. The molecule has 2 amide bonds. The standard InChI is InChI=1S/C18H14ClFN4O2/c19-12-5-4-11(20)9-15(12)26-14-3-1-2-10-8-13(23-18(21)25)17-22-6-7-24(17)16(10)14/h1-7,9,13H,8H2,(H3,21,23,25). The Hall–Kier alpha value is -3.06. The number of fused-ring (bicyclic) bond motifs is 3. The molecule has 0 saturated carbocycles. The molecule has 4 rings (SSSR count). The lowest BCUT2D eigenvalue weighted by Gasteiger charge is -2.27. The van der Waals surface area contributed by atoms with Crippen LogP contribution in [0.4, 0.5) is 9.18 Å². The first-order valence-corrected chi connectivity index (χ1v) is 8.25. The third kappa shape index (κ3) is 2.86. The van der Waals surface area contributed by atoms with Crippen molar-refractivity contribution in [3.8, 4) is 17.2 Å². The van der Waals surface area contributed by atoms with Gasteiger partial charge in [-0.25, -0.2) is 14.2 Å². The van der Waals surface area contributed by atoms with Crippen LogP contribution in [-0.4, -0.2) is 15.6 Å². The molecule has 1 atom stereocenters. The van der Waals surface area contributed by atoms with Crippen molar-refractivity contribution >= 4 is 17.6 Å². The molecule has 3 aromatic rings. The maximum atomic E-state index is 13.5. The molecule has 132 valence electrons. The number of hydrogen-bond donors (Lipinski definition) is 2. The number of halogens is 2. The lowest BCUT2D eigenvalue weighted by molar-refractivity contribution is 0.244. The number of urea groups is 1. The van der Waals surface area contributed by atoms with E-state index < -0.39 is 11.8 Å². The van der Waals surface area contributed by atoms with Crippen molar-refractivity contribution in [3.63, 3.8) is 0 Å². The number of aromatic nitrogens is 2. The molecule has 0 radical (unpaired) electrons. The number of hydrogen-bond acceptors (Lipinski definition) is 3. The van der Waals surface area contributed by atoms with Crippen LogP contribution in [0.2, 0.25) is 5.02 Å². The third-order valence-corrected chi connectivity index (χ3v) is 4.47. The average molecular weight is 373 g/mol.